The van der Waals surface area contributed by atoms with Crippen molar-refractivity contribution in [2.75, 3.05) is 38.5 Å². The molecule has 20 heavy (non-hydrogen) atoms. The summed E-state index contributed by atoms with van der Waals surface area (Å²) in [6.07, 6.45) is 1.96. The van der Waals surface area contributed by atoms with Gasteiger partial charge in [0, 0.05) is 18.3 Å². The van der Waals surface area contributed by atoms with Crippen LogP contribution in [-0.4, -0.2) is 60.2 Å². The molecule has 0 saturated carbocycles. The highest BCUT2D eigenvalue weighted by molar-refractivity contribution is 8.00. The number of nitrogens with one attached hydrogen (secondary N) is 1. The van der Waals surface area contributed by atoms with Crippen LogP contribution in [0.15, 0.2) is 0 Å². The molecule has 1 N–H and O–H groups in total. The molecule has 0 spiro atoms. The number of hydrogen-bond donors (Lipinski definition) is 1. The highest BCUT2D eigenvalue weighted by Crippen LogP contribution is 2.35. The van der Waals surface area contributed by atoms with Crippen LogP contribution in [0.4, 0.5) is 0 Å². The molecule has 0 aromatic heterocycles. The Morgan fingerprint density at radius 1 is 1.40 bits per heavy atom. The van der Waals surface area contributed by atoms with E-state index in [1.54, 1.807) is 0 Å². The molecule has 2 unspecified atom stereocenters. The fraction of sp³-hybridized carbons (Fsp3) is 0.933. The van der Waals surface area contributed by atoms with E-state index in [1.807, 2.05) is 18.7 Å². The average Bonchev–Trinajstić information content (AvgIpc) is 2.46. The van der Waals surface area contributed by atoms with Crippen LogP contribution in [0, 0.1) is 0 Å². The summed E-state index contributed by atoms with van der Waals surface area (Å²) in [7, 11) is 0. The van der Waals surface area contributed by atoms with Gasteiger partial charge in [-0.15, -0.1) is 0 Å². The van der Waals surface area contributed by atoms with E-state index in [0.717, 1.165) is 44.8 Å². The smallest absolute Gasteiger partial charge is 0.327 e. The summed E-state index contributed by atoms with van der Waals surface area (Å²) in [6.45, 7) is 12.7. The van der Waals surface area contributed by atoms with Crippen LogP contribution in [0.2, 0.25) is 0 Å². The number of ether oxygens (including phenoxy) is 1. The van der Waals surface area contributed by atoms with Crippen LogP contribution in [0.3, 0.4) is 0 Å². The van der Waals surface area contributed by atoms with Crippen LogP contribution in [0.5, 0.6) is 0 Å². The highest BCUT2D eigenvalue weighted by Gasteiger charge is 2.46. The number of likely N-dealkylation sites (N-methyl/N-ethyl adjacent to an activating group) is 1. The quantitative estimate of drug-likeness (QED) is 0.696. The number of nitrogens with zero attached hydrogens (tertiary/aromatic N) is 1. The number of hydrogen-bond acceptors (Lipinski definition) is 5. The molecule has 1 aliphatic rings. The van der Waals surface area contributed by atoms with Crippen molar-refractivity contribution in [3.63, 3.8) is 0 Å². The molecule has 0 aromatic rings. The molecule has 0 amide bonds. The number of thioether (sulfide) groups is 1. The van der Waals surface area contributed by atoms with E-state index in [-0.39, 0.29) is 11.2 Å². The minimum Gasteiger partial charge on any atom is -0.465 e. The molecule has 0 aromatic carbocycles. The summed E-state index contributed by atoms with van der Waals surface area (Å²) in [5.41, 5.74) is -0.494. The lowest BCUT2D eigenvalue weighted by molar-refractivity contribution is -0.151. The van der Waals surface area contributed by atoms with Crippen LogP contribution < -0.4 is 5.32 Å². The van der Waals surface area contributed by atoms with Gasteiger partial charge < -0.3 is 9.64 Å². The summed E-state index contributed by atoms with van der Waals surface area (Å²) >= 11 is 1.87. The molecule has 118 valence electrons. The molecule has 0 radical (unpaired) electrons. The summed E-state index contributed by atoms with van der Waals surface area (Å²) in [5, 5.41) is 3.80. The van der Waals surface area contributed by atoms with Crippen LogP contribution in [0.1, 0.15) is 40.5 Å². The second-order valence-corrected chi connectivity index (χ2v) is 6.71. The van der Waals surface area contributed by atoms with E-state index in [2.05, 4.69) is 31.0 Å². The van der Waals surface area contributed by atoms with E-state index >= 15 is 0 Å². The van der Waals surface area contributed by atoms with Crippen molar-refractivity contribution >= 4 is 17.7 Å². The third kappa shape index (κ3) is 4.37. The van der Waals surface area contributed by atoms with Gasteiger partial charge in [-0.2, -0.15) is 11.8 Å². The standard InChI is InChI=1S/C15H30N2O2S/c1-5-17(6-2)11-10-16-15(14(18)19-7-3)9-8-12-20-13(15)4/h13,16H,5-12H2,1-4H3. The minimum atomic E-state index is -0.494. The fourth-order valence-corrected chi connectivity index (χ4v) is 4.01. The van der Waals surface area contributed by atoms with Gasteiger partial charge in [-0.05, 0) is 38.6 Å². The first kappa shape index (κ1) is 17.8. The average molecular weight is 302 g/mol. The summed E-state index contributed by atoms with van der Waals surface area (Å²) in [6, 6.07) is 0. The van der Waals surface area contributed by atoms with Gasteiger partial charge in [-0.3, -0.25) is 10.1 Å². The predicted octanol–water partition coefficient (Wildman–Crippen LogP) is 2.14. The lowest BCUT2D eigenvalue weighted by atomic mass is 9.89. The van der Waals surface area contributed by atoms with Crippen molar-refractivity contribution in [1.29, 1.82) is 0 Å². The SMILES string of the molecule is CCOC(=O)C1(NCCN(CC)CC)CCCSC1C. The molecule has 4 nitrogen and oxygen atoms in total. The molecule has 1 aliphatic heterocycles. The van der Waals surface area contributed by atoms with Gasteiger partial charge in [-0.1, -0.05) is 20.8 Å². The van der Waals surface area contributed by atoms with E-state index in [0.29, 0.717) is 6.61 Å². The van der Waals surface area contributed by atoms with Gasteiger partial charge in [0.1, 0.15) is 5.54 Å². The lowest BCUT2D eigenvalue weighted by Gasteiger charge is -2.41. The third-order valence-corrected chi connectivity index (χ3v) is 5.61. The molecule has 5 heteroatoms. The van der Waals surface area contributed by atoms with Crippen molar-refractivity contribution in [1.82, 2.24) is 10.2 Å². The second kappa shape index (κ2) is 8.90. The Labute approximate surface area is 128 Å². The Hall–Kier alpha value is -0.260. The normalized spacial score (nSPS) is 26.8. The Bertz CT molecular complexity index is 298. The second-order valence-electron chi connectivity index (χ2n) is 5.26. The molecular weight excluding hydrogens is 272 g/mol. The van der Waals surface area contributed by atoms with Crippen LogP contribution >= 0.6 is 11.8 Å². The van der Waals surface area contributed by atoms with Crippen molar-refractivity contribution in [3.8, 4) is 0 Å². The van der Waals surface area contributed by atoms with Crippen molar-refractivity contribution in [2.24, 2.45) is 0 Å². The van der Waals surface area contributed by atoms with E-state index < -0.39 is 5.54 Å². The third-order valence-electron chi connectivity index (χ3n) is 4.18. The molecule has 1 saturated heterocycles. The van der Waals surface area contributed by atoms with Crippen LogP contribution in [0.25, 0.3) is 0 Å². The van der Waals surface area contributed by atoms with Gasteiger partial charge in [0.05, 0.1) is 6.61 Å². The molecule has 2 atom stereocenters. The zero-order chi connectivity index (χ0) is 15.0. The largest absolute Gasteiger partial charge is 0.465 e. The highest BCUT2D eigenvalue weighted by atomic mass is 32.2. The Morgan fingerprint density at radius 2 is 2.10 bits per heavy atom. The number of esters is 1. The first-order valence-electron chi connectivity index (χ1n) is 7.86. The first-order chi connectivity index (χ1) is 9.60. The van der Waals surface area contributed by atoms with Gasteiger partial charge in [-0.25, -0.2) is 0 Å². The van der Waals surface area contributed by atoms with Gasteiger partial charge in [0.15, 0.2) is 0 Å². The molecule has 1 fully saturated rings. The topological polar surface area (TPSA) is 41.6 Å². The molecular formula is C15H30N2O2S. The first-order valence-corrected chi connectivity index (χ1v) is 8.91. The fourth-order valence-electron chi connectivity index (χ4n) is 2.77. The van der Waals surface area contributed by atoms with Crippen molar-refractivity contribution in [2.45, 2.75) is 51.3 Å². The van der Waals surface area contributed by atoms with Gasteiger partial charge >= 0.3 is 5.97 Å². The van der Waals surface area contributed by atoms with Crippen molar-refractivity contribution in [3.05, 3.63) is 0 Å². The lowest BCUT2D eigenvalue weighted by Crippen LogP contribution is -2.61. The monoisotopic (exact) mass is 302 g/mol. The van der Waals surface area contributed by atoms with E-state index in [1.165, 1.54) is 0 Å². The zero-order valence-electron chi connectivity index (χ0n) is 13.4. The summed E-state index contributed by atoms with van der Waals surface area (Å²) in [4.78, 5) is 14.8. The zero-order valence-corrected chi connectivity index (χ0v) is 14.2. The number of carbonyl (C=O) groups is 1. The number of carbonyl (C=O) groups excluding carboxylic acids is 1. The molecule has 1 heterocycles. The van der Waals surface area contributed by atoms with Crippen LogP contribution in [-0.2, 0) is 9.53 Å². The van der Waals surface area contributed by atoms with Gasteiger partial charge in [0.2, 0.25) is 0 Å². The van der Waals surface area contributed by atoms with E-state index in [9.17, 15) is 4.79 Å². The molecule has 0 bridgehead atoms. The van der Waals surface area contributed by atoms with Gasteiger partial charge in [0.25, 0.3) is 0 Å². The number of rotatable bonds is 8. The van der Waals surface area contributed by atoms with E-state index in [4.69, 9.17) is 4.74 Å². The predicted molar refractivity (Wildman–Crippen MR) is 86.3 cm³/mol. The maximum atomic E-state index is 12.4. The minimum absolute atomic E-state index is 0.0701. The molecule has 0 aliphatic carbocycles. The van der Waals surface area contributed by atoms with Crippen molar-refractivity contribution < 1.29 is 9.53 Å². The molecule has 1 rings (SSSR count). The Kier molecular flexibility index (Phi) is 7.92. The Balaban J connectivity index is 2.65. The maximum absolute atomic E-state index is 12.4. The summed E-state index contributed by atoms with van der Waals surface area (Å²) in [5.74, 6) is 1.07. The Morgan fingerprint density at radius 3 is 2.65 bits per heavy atom. The maximum Gasteiger partial charge on any atom is 0.327 e. The summed E-state index contributed by atoms with van der Waals surface area (Å²) < 4.78 is 5.34.